The number of pyridine rings is 1. The highest BCUT2D eigenvalue weighted by Crippen LogP contribution is 2.11. The number of carbonyl (C=O) groups excluding carboxylic acids is 1. The van der Waals surface area contributed by atoms with E-state index in [-0.39, 0.29) is 18.3 Å². The van der Waals surface area contributed by atoms with E-state index in [0.717, 1.165) is 11.3 Å². The summed E-state index contributed by atoms with van der Waals surface area (Å²) in [5, 5.41) is 9.15. The first kappa shape index (κ1) is 13.1. The van der Waals surface area contributed by atoms with Gasteiger partial charge in [0.05, 0.1) is 5.69 Å². The van der Waals surface area contributed by atoms with Crippen molar-refractivity contribution in [1.29, 1.82) is 0 Å². The molecule has 2 rings (SSSR count). The molecule has 0 fully saturated rings. The normalized spacial score (nSPS) is 10.1. The highest BCUT2D eigenvalue weighted by molar-refractivity contribution is 5.69. The van der Waals surface area contributed by atoms with E-state index in [1.54, 1.807) is 30.5 Å². The number of ether oxygens (including phenoxy) is 1. The van der Waals surface area contributed by atoms with Crippen LogP contribution in [0.25, 0.3) is 0 Å². The van der Waals surface area contributed by atoms with E-state index in [2.05, 4.69) is 4.98 Å². The standard InChI is InChI=1S/C15H15NO3/c17-14-7-4-12(5-8-14)6-9-15(18)19-11-13-3-1-2-10-16-13/h1-5,7-8,10,17H,6,9,11H2. The number of benzene rings is 1. The van der Waals surface area contributed by atoms with Crippen molar-refractivity contribution in [2.45, 2.75) is 19.4 Å². The summed E-state index contributed by atoms with van der Waals surface area (Å²) in [5.41, 5.74) is 1.73. The van der Waals surface area contributed by atoms with Crippen LogP contribution in [-0.2, 0) is 22.6 Å². The summed E-state index contributed by atoms with van der Waals surface area (Å²) in [5.74, 6) is -0.0276. The monoisotopic (exact) mass is 257 g/mol. The fourth-order valence-corrected chi connectivity index (χ4v) is 1.62. The van der Waals surface area contributed by atoms with Gasteiger partial charge in [-0.25, -0.2) is 0 Å². The summed E-state index contributed by atoms with van der Waals surface area (Å²) in [6, 6.07) is 12.3. The van der Waals surface area contributed by atoms with E-state index in [1.165, 1.54) is 0 Å². The molecule has 4 nitrogen and oxygen atoms in total. The van der Waals surface area contributed by atoms with Crippen molar-refractivity contribution >= 4 is 5.97 Å². The van der Waals surface area contributed by atoms with Crippen molar-refractivity contribution in [3.63, 3.8) is 0 Å². The molecular weight excluding hydrogens is 242 g/mol. The first-order valence-electron chi connectivity index (χ1n) is 6.07. The van der Waals surface area contributed by atoms with Gasteiger partial charge in [-0.1, -0.05) is 18.2 Å². The van der Waals surface area contributed by atoms with E-state index >= 15 is 0 Å². The SMILES string of the molecule is O=C(CCc1ccc(O)cc1)OCc1ccccn1. The Hall–Kier alpha value is -2.36. The molecule has 0 spiro atoms. The minimum absolute atomic E-state index is 0.204. The zero-order valence-electron chi connectivity index (χ0n) is 10.5. The average Bonchev–Trinajstić information content (AvgIpc) is 2.45. The maximum Gasteiger partial charge on any atom is 0.306 e. The Morgan fingerprint density at radius 2 is 1.95 bits per heavy atom. The Kier molecular flexibility index (Phi) is 4.50. The van der Waals surface area contributed by atoms with Gasteiger partial charge in [-0.2, -0.15) is 0 Å². The number of aryl methyl sites for hydroxylation is 1. The molecule has 1 heterocycles. The molecule has 1 N–H and O–H groups in total. The lowest BCUT2D eigenvalue weighted by atomic mass is 10.1. The quantitative estimate of drug-likeness (QED) is 0.836. The molecule has 0 amide bonds. The van der Waals surface area contributed by atoms with Crippen molar-refractivity contribution in [1.82, 2.24) is 4.98 Å². The smallest absolute Gasteiger partial charge is 0.306 e. The van der Waals surface area contributed by atoms with Crippen molar-refractivity contribution in [2.24, 2.45) is 0 Å². The molecule has 0 unspecified atom stereocenters. The topological polar surface area (TPSA) is 59.4 Å². The molecular formula is C15H15NO3. The summed E-state index contributed by atoms with van der Waals surface area (Å²) >= 11 is 0. The molecule has 0 bridgehead atoms. The number of nitrogens with zero attached hydrogens (tertiary/aromatic N) is 1. The van der Waals surface area contributed by atoms with E-state index in [0.29, 0.717) is 12.8 Å². The highest BCUT2D eigenvalue weighted by Gasteiger charge is 2.04. The lowest BCUT2D eigenvalue weighted by Gasteiger charge is -2.04. The van der Waals surface area contributed by atoms with Crippen molar-refractivity contribution in [3.05, 3.63) is 59.9 Å². The number of aromatic hydroxyl groups is 1. The second-order valence-corrected chi connectivity index (χ2v) is 4.15. The molecule has 4 heteroatoms. The molecule has 98 valence electrons. The van der Waals surface area contributed by atoms with Crippen LogP contribution in [0.2, 0.25) is 0 Å². The first-order valence-corrected chi connectivity index (χ1v) is 6.07. The zero-order valence-corrected chi connectivity index (χ0v) is 10.5. The molecule has 0 radical (unpaired) electrons. The number of phenols is 1. The van der Waals surface area contributed by atoms with E-state index in [9.17, 15) is 4.79 Å². The van der Waals surface area contributed by atoms with Gasteiger partial charge in [-0.05, 0) is 36.2 Å². The second-order valence-electron chi connectivity index (χ2n) is 4.15. The molecule has 0 saturated heterocycles. The van der Waals surface area contributed by atoms with Gasteiger partial charge in [0.25, 0.3) is 0 Å². The van der Waals surface area contributed by atoms with Gasteiger partial charge in [-0.3, -0.25) is 9.78 Å². The van der Waals surface area contributed by atoms with Crippen LogP contribution >= 0.6 is 0 Å². The Labute approximate surface area is 111 Å². The van der Waals surface area contributed by atoms with Gasteiger partial charge >= 0.3 is 5.97 Å². The molecule has 1 aromatic heterocycles. The third-order valence-electron chi connectivity index (χ3n) is 2.66. The largest absolute Gasteiger partial charge is 0.508 e. The minimum atomic E-state index is -0.251. The summed E-state index contributed by atoms with van der Waals surface area (Å²) in [6.07, 6.45) is 2.58. The maximum atomic E-state index is 11.6. The predicted octanol–water partition coefficient (Wildman–Crippen LogP) is 2.46. The fraction of sp³-hybridized carbons (Fsp3) is 0.200. The van der Waals surface area contributed by atoms with Gasteiger partial charge in [-0.15, -0.1) is 0 Å². The Morgan fingerprint density at radius 3 is 2.63 bits per heavy atom. The van der Waals surface area contributed by atoms with E-state index in [4.69, 9.17) is 9.84 Å². The summed E-state index contributed by atoms with van der Waals surface area (Å²) in [7, 11) is 0. The molecule has 0 aliphatic heterocycles. The molecule has 1 aromatic carbocycles. The van der Waals surface area contributed by atoms with Crippen molar-refractivity contribution < 1.29 is 14.6 Å². The zero-order chi connectivity index (χ0) is 13.5. The Bertz CT molecular complexity index is 523. The number of hydrogen-bond acceptors (Lipinski definition) is 4. The fourth-order valence-electron chi connectivity index (χ4n) is 1.62. The number of hydrogen-bond donors (Lipinski definition) is 1. The molecule has 2 aromatic rings. The maximum absolute atomic E-state index is 11.6. The van der Waals surface area contributed by atoms with E-state index in [1.807, 2.05) is 18.2 Å². The number of rotatable bonds is 5. The van der Waals surface area contributed by atoms with Crippen LogP contribution in [-0.4, -0.2) is 16.1 Å². The van der Waals surface area contributed by atoms with Crippen LogP contribution in [0.15, 0.2) is 48.7 Å². The second kappa shape index (κ2) is 6.54. The lowest BCUT2D eigenvalue weighted by Crippen LogP contribution is -2.06. The van der Waals surface area contributed by atoms with Gasteiger partial charge in [0.15, 0.2) is 0 Å². The van der Waals surface area contributed by atoms with Crippen molar-refractivity contribution in [3.8, 4) is 5.75 Å². The highest BCUT2D eigenvalue weighted by atomic mass is 16.5. The third kappa shape index (κ3) is 4.43. The van der Waals surface area contributed by atoms with Gasteiger partial charge in [0.1, 0.15) is 12.4 Å². The third-order valence-corrected chi connectivity index (χ3v) is 2.66. The van der Waals surface area contributed by atoms with Crippen LogP contribution < -0.4 is 0 Å². The average molecular weight is 257 g/mol. The van der Waals surface area contributed by atoms with Gasteiger partial charge in [0.2, 0.25) is 0 Å². The van der Waals surface area contributed by atoms with Gasteiger partial charge < -0.3 is 9.84 Å². The number of carbonyl (C=O) groups is 1. The van der Waals surface area contributed by atoms with Crippen LogP contribution in [0.1, 0.15) is 17.7 Å². The lowest BCUT2D eigenvalue weighted by molar-refractivity contribution is -0.145. The van der Waals surface area contributed by atoms with Crippen LogP contribution in [0.5, 0.6) is 5.75 Å². The van der Waals surface area contributed by atoms with Crippen molar-refractivity contribution in [2.75, 3.05) is 0 Å². The number of esters is 1. The minimum Gasteiger partial charge on any atom is -0.508 e. The Morgan fingerprint density at radius 1 is 1.16 bits per heavy atom. The Balaban J connectivity index is 1.74. The van der Waals surface area contributed by atoms with E-state index < -0.39 is 0 Å². The molecule has 0 aliphatic rings. The first-order chi connectivity index (χ1) is 9.24. The molecule has 0 atom stereocenters. The summed E-state index contributed by atoms with van der Waals surface area (Å²) in [6.45, 7) is 0.204. The number of phenolic OH excluding ortho intramolecular Hbond substituents is 1. The molecule has 0 saturated carbocycles. The summed E-state index contributed by atoms with van der Waals surface area (Å²) in [4.78, 5) is 15.6. The predicted molar refractivity (Wildman–Crippen MR) is 70.5 cm³/mol. The molecule has 0 aliphatic carbocycles. The molecule has 19 heavy (non-hydrogen) atoms. The van der Waals surface area contributed by atoms with Gasteiger partial charge in [0, 0.05) is 12.6 Å². The van der Waals surface area contributed by atoms with Crippen LogP contribution in [0, 0.1) is 0 Å². The van der Waals surface area contributed by atoms with Crippen LogP contribution in [0.3, 0.4) is 0 Å². The summed E-state index contributed by atoms with van der Waals surface area (Å²) < 4.78 is 5.12. The van der Waals surface area contributed by atoms with Crippen LogP contribution in [0.4, 0.5) is 0 Å². The number of aromatic nitrogens is 1.